The van der Waals surface area contributed by atoms with Crippen LogP contribution in [0.25, 0.3) is 0 Å². The average molecular weight is 184 g/mol. The molecule has 1 aromatic rings. The van der Waals surface area contributed by atoms with E-state index < -0.39 is 6.04 Å². The van der Waals surface area contributed by atoms with Crippen LogP contribution in [0.1, 0.15) is 18.2 Å². The van der Waals surface area contributed by atoms with Gasteiger partial charge in [0.2, 0.25) is 0 Å². The number of anilines is 1. The molecule has 1 rings (SSSR count). The normalized spacial score (nSPS) is 12.5. The van der Waals surface area contributed by atoms with E-state index in [2.05, 4.69) is 4.74 Å². The highest BCUT2D eigenvalue weighted by Gasteiger charge is 2.14. The van der Waals surface area contributed by atoms with E-state index in [1.54, 1.807) is 6.07 Å². The first-order chi connectivity index (χ1) is 6.13. The number of hydrogen-bond acceptors (Lipinski definition) is 5. The van der Waals surface area contributed by atoms with E-state index in [0.29, 0.717) is 11.4 Å². The Labute approximate surface area is 75.6 Å². The average Bonchev–Trinajstić information content (AvgIpc) is 2.51. The lowest BCUT2D eigenvalue weighted by Crippen LogP contribution is -2.15. The van der Waals surface area contributed by atoms with Gasteiger partial charge in [0.15, 0.2) is 0 Å². The van der Waals surface area contributed by atoms with Gasteiger partial charge in [-0.05, 0) is 0 Å². The fraction of sp³-hybridized carbons (Fsp3) is 0.375. The number of methoxy groups -OCH3 is 1. The van der Waals surface area contributed by atoms with Gasteiger partial charge in [-0.1, -0.05) is 0 Å². The SMILES string of the molecule is COC(=O)C[C@@H](N)c1cc(N)co1. The number of esters is 1. The topological polar surface area (TPSA) is 91.5 Å². The fourth-order valence-corrected chi connectivity index (χ4v) is 0.926. The molecule has 0 aliphatic rings. The minimum Gasteiger partial charge on any atom is -0.469 e. The molecule has 0 unspecified atom stereocenters. The summed E-state index contributed by atoms with van der Waals surface area (Å²) in [6.07, 6.45) is 1.47. The molecule has 0 aromatic carbocycles. The largest absolute Gasteiger partial charge is 0.469 e. The molecule has 0 aliphatic carbocycles. The summed E-state index contributed by atoms with van der Waals surface area (Å²) >= 11 is 0. The molecule has 5 heteroatoms. The Morgan fingerprint density at radius 2 is 2.46 bits per heavy atom. The van der Waals surface area contributed by atoms with Crippen LogP contribution in [-0.2, 0) is 9.53 Å². The van der Waals surface area contributed by atoms with E-state index in [-0.39, 0.29) is 12.4 Å². The first-order valence-electron chi connectivity index (χ1n) is 3.79. The van der Waals surface area contributed by atoms with E-state index >= 15 is 0 Å². The van der Waals surface area contributed by atoms with Crippen molar-refractivity contribution < 1.29 is 13.9 Å². The number of furan rings is 1. The Hall–Kier alpha value is -1.49. The zero-order valence-corrected chi connectivity index (χ0v) is 7.32. The molecule has 0 aliphatic heterocycles. The van der Waals surface area contributed by atoms with Crippen molar-refractivity contribution in [2.24, 2.45) is 5.73 Å². The summed E-state index contributed by atoms with van der Waals surface area (Å²) in [5.74, 6) is 0.116. The van der Waals surface area contributed by atoms with Crippen molar-refractivity contribution in [1.82, 2.24) is 0 Å². The highest BCUT2D eigenvalue weighted by atomic mass is 16.5. The van der Waals surface area contributed by atoms with Gasteiger partial charge in [0.05, 0.1) is 25.3 Å². The first-order valence-corrected chi connectivity index (χ1v) is 3.79. The molecule has 1 atom stereocenters. The summed E-state index contributed by atoms with van der Waals surface area (Å²) in [7, 11) is 1.31. The van der Waals surface area contributed by atoms with E-state index in [1.807, 2.05) is 0 Å². The minimum atomic E-state index is -0.496. The number of ether oxygens (including phenoxy) is 1. The quantitative estimate of drug-likeness (QED) is 0.664. The predicted molar refractivity (Wildman–Crippen MR) is 46.7 cm³/mol. The standard InChI is InChI=1S/C8H12N2O3/c1-12-8(11)3-6(10)7-2-5(9)4-13-7/h2,4,6H,3,9-10H2,1H3/t6-/m1/s1. The van der Waals surface area contributed by atoms with Crippen LogP contribution < -0.4 is 11.5 Å². The smallest absolute Gasteiger partial charge is 0.307 e. The third-order valence-electron chi connectivity index (χ3n) is 1.62. The van der Waals surface area contributed by atoms with Gasteiger partial charge < -0.3 is 20.6 Å². The van der Waals surface area contributed by atoms with Gasteiger partial charge in [-0.15, -0.1) is 0 Å². The lowest BCUT2D eigenvalue weighted by atomic mass is 10.2. The predicted octanol–water partition coefficient (Wildman–Crippen LogP) is 0.425. The maximum absolute atomic E-state index is 10.8. The number of carbonyl (C=O) groups is 1. The van der Waals surface area contributed by atoms with Gasteiger partial charge >= 0.3 is 5.97 Å². The van der Waals surface area contributed by atoms with E-state index in [1.165, 1.54) is 13.4 Å². The summed E-state index contributed by atoms with van der Waals surface area (Å²) in [6.45, 7) is 0. The molecule has 0 bridgehead atoms. The summed E-state index contributed by atoms with van der Waals surface area (Å²) in [4.78, 5) is 10.8. The Morgan fingerprint density at radius 3 is 2.92 bits per heavy atom. The molecule has 0 spiro atoms. The molecular weight excluding hydrogens is 172 g/mol. The zero-order valence-electron chi connectivity index (χ0n) is 7.32. The van der Waals surface area contributed by atoms with Gasteiger partial charge in [-0.25, -0.2) is 0 Å². The van der Waals surface area contributed by atoms with Crippen LogP contribution in [0.5, 0.6) is 0 Å². The Balaban J connectivity index is 2.58. The summed E-state index contributed by atoms with van der Waals surface area (Å²) in [6, 6.07) is 1.10. The van der Waals surface area contributed by atoms with E-state index in [9.17, 15) is 4.79 Å². The number of carbonyl (C=O) groups excluding carboxylic acids is 1. The van der Waals surface area contributed by atoms with Crippen molar-refractivity contribution in [2.75, 3.05) is 12.8 Å². The molecule has 0 amide bonds. The highest BCUT2D eigenvalue weighted by Crippen LogP contribution is 2.18. The van der Waals surface area contributed by atoms with Crippen LogP contribution in [0, 0.1) is 0 Å². The second-order valence-electron chi connectivity index (χ2n) is 2.67. The molecule has 72 valence electrons. The fourth-order valence-electron chi connectivity index (χ4n) is 0.926. The molecular formula is C8H12N2O3. The summed E-state index contributed by atoms with van der Waals surface area (Å²) in [5, 5.41) is 0. The van der Waals surface area contributed by atoms with Crippen molar-refractivity contribution in [3.05, 3.63) is 18.1 Å². The monoisotopic (exact) mass is 184 g/mol. The van der Waals surface area contributed by atoms with Gasteiger partial charge in [0.25, 0.3) is 0 Å². The Kier molecular flexibility index (Phi) is 2.92. The maximum atomic E-state index is 10.8. The molecule has 1 heterocycles. The van der Waals surface area contributed by atoms with Crippen molar-refractivity contribution in [3.8, 4) is 0 Å². The van der Waals surface area contributed by atoms with Crippen molar-refractivity contribution >= 4 is 11.7 Å². The second kappa shape index (κ2) is 3.95. The first kappa shape index (κ1) is 9.60. The van der Waals surface area contributed by atoms with Crippen LogP contribution in [0.4, 0.5) is 5.69 Å². The van der Waals surface area contributed by atoms with Crippen LogP contribution in [0.3, 0.4) is 0 Å². The molecule has 1 aromatic heterocycles. The molecule has 0 radical (unpaired) electrons. The lowest BCUT2D eigenvalue weighted by Gasteiger charge is -2.05. The lowest BCUT2D eigenvalue weighted by molar-refractivity contribution is -0.141. The number of hydrogen-bond donors (Lipinski definition) is 2. The molecule has 0 saturated heterocycles. The van der Waals surface area contributed by atoms with Gasteiger partial charge in [0.1, 0.15) is 12.0 Å². The Bertz CT molecular complexity index is 295. The van der Waals surface area contributed by atoms with Crippen LogP contribution in [0.15, 0.2) is 16.7 Å². The van der Waals surface area contributed by atoms with Crippen molar-refractivity contribution in [1.29, 1.82) is 0 Å². The van der Waals surface area contributed by atoms with Crippen molar-refractivity contribution in [3.63, 3.8) is 0 Å². The highest BCUT2D eigenvalue weighted by molar-refractivity contribution is 5.70. The van der Waals surface area contributed by atoms with Gasteiger partial charge in [-0.3, -0.25) is 4.79 Å². The van der Waals surface area contributed by atoms with Crippen molar-refractivity contribution in [2.45, 2.75) is 12.5 Å². The van der Waals surface area contributed by atoms with Gasteiger partial charge in [-0.2, -0.15) is 0 Å². The molecule has 5 nitrogen and oxygen atoms in total. The summed E-state index contributed by atoms with van der Waals surface area (Å²) in [5.41, 5.74) is 11.5. The van der Waals surface area contributed by atoms with E-state index in [0.717, 1.165) is 0 Å². The van der Waals surface area contributed by atoms with Gasteiger partial charge in [0, 0.05) is 6.07 Å². The number of nitrogens with two attached hydrogens (primary N) is 2. The van der Waals surface area contributed by atoms with Crippen LogP contribution in [0.2, 0.25) is 0 Å². The molecule has 4 N–H and O–H groups in total. The molecule has 13 heavy (non-hydrogen) atoms. The number of rotatable bonds is 3. The summed E-state index contributed by atoms with van der Waals surface area (Å²) < 4.78 is 9.47. The maximum Gasteiger partial charge on any atom is 0.307 e. The van der Waals surface area contributed by atoms with Crippen LogP contribution >= 0.6 is 0 Å². The molecule has 0 saturated carbocycles. The molecule has 0 fully saturated rings. The second-order valence-corrected chi connectivity index (χ2v) is 2.67. The minimum absolute atomic E-state index is 0.0868. The third kappa shape index (κ3) is 2.48. The third-order valence-corrected chi connectivity index (χ3v) is 1.62. The Morgan fingerprint density at radius 1 is 1.77 bits per heavy atom. The number of nitrogen functional groups attached to an aromatic ring is 1. The van der Waals surface area contributed by atoms with E-state index in [4.69, 9.17) is 15.9 Å². The zero-order chi connectivity index (χ0) is 9.84. The van der Waals surface area contributed by atoms with Crippen LogP contribution in [-0.4, -0.2) is 13.1 Å².